The van der Waals surface area contributed by atoms with Crippen molar-refractivity contribution in [3.8, 4) is 0 Å². The molecule has 1 N–H and O–H groups in total. The maximum absolute atomic E-state index is 13.3. The zero-order valence-corrected chi connectivity index (χ0v) is 20.2. The molecule has 1 fully saturated rings. The monoisotopic (exact) mass is 534 g/mol. The third-order valence-corrected chi connectivity index (χ3v) is 6.30. The van der Waals surface area contributed by atoms with Crippen LogP contribution in [0.5, 0.6) is 0 Å². The summed E-state index contributed by atoms with van der Waals surface area (Å²) in [6, 6.07) is 13.1. The molecule has 1 unspecified atom stereocenters. The van der Waals surface area contributed by atoms with Gasteiger partial charge >= 0.3 is 12.4 Å². The molecule has 0 radical (unpaired) electrons. The van der Waals surface area contributed by atoms with Crippen LogP contribution in [-0.2, 0) is 23.6 Å². The van der Waals surface area contributed by atoms with Crippen molar-refractivity contribution in [1.29, 1.82) is 0 Å². The van der Waals surface area contributed by atoms with E-state index in [-0.39, 0.29) is 18.5 Å². The van der Waals surface area contributed by atoms with Crippen LogP contribution in [0.15, 0.2) is 72.8 Å². The molecule has 1 aliphatic carbocycles. The first-order valence-electron chi connectivity index (χ1n) is 11.8. The lowest BCUT2D eigenvalue weighted by atomic mass is 9.99. The number of hydrogen-bond donors (Lipinski definition) is 1. The first kappa shape index (κ1) is 27.2. The summed E-state index contributed by atoms with van der Waals surface area (Å²) >= 11 is 0. The van der Waals surface area contributed by atoms with E-state index < -0.39 is 46.9 Å². The van der Waals surface area contributed by atoms with E-state index in [4.69, 9.17) is 0 Å². The molecule has 0 heterocycles. The third-order valence-electron chi connectivity index (χ3n) is 6.30. The second kappa shape index (κ2) is 10.5. The average molecular weight is 535 g/mol. The van der Waals surface area contributed by atoms with E-state index in [9.17, 15) is 35.9 Å². The van der Waals surface area contributed by atoms with Gasteiger partial charge in [-0.2, -0.15) is 26.3 Å². The zero-order valence-electron chi connectivity index (χ0n) is 20.2. The normalized spacial score (nSPS) is 15.0. The second-order valence-corrected chi connectivity index (χ2v) is 9.31. The quantitative estimate of drug-likeness (QED) is 0.282. The highest BCUT2D eigenvalue weighted by Gasteiger charge is 2.38. The number of benzene rings is 3. The van der Waals surface area contributed by atoms with Crippen LogP contribution in [-0.4, -0.2) is 35.8 Å². The standard InChI is InChI=1S/C28H24F6N2O2/c1-36(26(38)20-14-21(27(29,30)31)16-22(15-20)28(32,33)34)24(10-11-25(37)35-23-8-9-23)13-17-6-7-18-4-2-3-5-19(18)12-17/h2-7,10-12,14-16,23-24H,8-9,13H2,1H3,(H,35,37). The summed E-state index contributed by atoms with van der Waals surface area (Å²) in [4.78, 5) is 26.5. The van der Waals surface area contributed by atoms with Gasteiger partial charge in [0.2, 0.25) is 5.91 Å². The minimum Gasteiger partial charge on any atom is -0.350 e. The number of likely N-dealkylation sites (N-methyl/N-ethyl adjacent to an activating group) is 1. The number of carbonyl (C=O) groups excluding carboxylic acids is 2. The fourth-order valence-corrected chi connectivity index (χ4v) is 4.05. The van der Waals surface area contributed by atoms with Crippen molar-refractivity contribution in [2.24, 2.45) is 0 Å². The lowest BCUT2D eigenvalue weighted by molar-refractivity contribution is -0.143. The number of halogens is 6. The molecule has 1 aliphatic rings. The van der Waals surface area contributed by atoms with Gasteiger partial charge in [-0.3, -0.25) is 9.59 Å². The molecular formula is C28H24F6N2O2. The molecular weight excluding hydrogens is 510 g/mol. The van der Waals surface area contributed by atoms with Crippen molar-refractivity contribution in [1.82, 2.24) is 10.2 Å². The minimum absolute atomic E-state index is 0.0224. The van der Waals surface area contributed by atoms with Gasteiger partial charge in [-0.25, -0.2) is 0 Å². The molecule has 0 aliphatic heterocycles. The number of amides is 2. The van der Waals surface area contributed by atoms with Crippen LogP contribution in [0.2, 0.25) is 0 Å². The van der Waals surface area contributed by atoms with E-state index in [0.717, 1.165) is 34.1 Å². The minimum atomic E-state index is -5.08. The Kier molecular flexibility index (Phi) is 7.53. The topological polar surface area (TPSA) is 49.4 Å². The Morgan fingerprint density at radius 1 is 0.921 bits per heavy atom. The highest BCUT2D eigenvalue weighted by molar-refractivity contribution is 5.95. The zero-order chi connectivity index (χ0) is 27.7. The maximum Gasteiger partial charge on any atom is 0.416 e. The van der Waals surface area contributed by atoms with Crippen LogP contribution in [0, 0.1) is 0 Å². The largest absolute Gasteiger partial charge is 0.416 e. The number of nitrogens with one attached hydrogen (secondary N) is 1. The van der Waals surface area contributed by atoms with Gasteiger partial charge < -0.3 is 10.2 Å². The molecule has 4 rings (SSSR count). The number of fused-ring (bicyclic) bond motifs is 1. The third kappa shape index (κ3) is 6.73. The molecule has 0 aromatic heterocycles. The molecule has 3 aromatic carbocycles. The van der Waals surface area contributed by atoms with Crippen molar-refractivity contribution in [3.05, 3.63) is 95.1 Å². The van der Waals surface area contributed by atoms with Crippen LogP contribution >= 0.6 is 0 Å². The summed E-state index contributed by atoms with van der Waals surface area (Å²) in [5, 5.41) is 4.66. The average Bonchev–Trinajstić information content (AvgIpc) is 3.68. The first-order chi connectivity index (χ1) is 17.8. The SMILES string of the molecule is CN(C(=O)c1cc(C(F)(F)F)cc(C(F)(F)F)c1)C(C=CC(=O)NC1CC1)Cc1ccc2ccccc2c1. The Morgan fingerprint density at radius 2 is 1.53 bits per heavy atom. The fraction of sp³-hybridized carbons (Fsp3) is 0.286. The summed E-state index contributed by atoms with van der Waals surface area (Å²) < 4.78 is 80.1. The van der Waals surface area contributed by atoms with Crippen LogP contribution in [0.3, 0.4) is 0 Å². The Labute approximate surface area is 214 Å². The molecule has 200 valence electrons. The van der Waals surface area contributed by atoms with E-state index in [1.807, 2.05) is 42.5 Å². The second-order valence-electron chi connectivity index (χ2n) is 9.31. The van der Waals surface area contributed by atoms with Gasteiger partial charge in [0, 0.05) is 24.7 Å². The number of hydrogen-bond acceptors (Lipinski definition) is 2. The number of nitrogens with zero attached hydrogens (tertiary/aromatic N) is 1. The molecule has 3 aromatic rings. The number of rotatable bonds is 7. The predicted octanol–water partition coefficient (Wildman–Crippen LogP) is 6.40. The molecule has 0 saturated heterocycles. The van der Waals surface area contributed by atoms with Gasteiger partial charge in [0.15, 0.2) is 0 Å². The van der Waals surface area contributed by atoms with Gasteiger partial charge in [0.1, 0.15) is 0 Å². The van der Waals surface area contributed by atoms with Crippen LogP contribution in [0.4, 0.5) is 26.3 Å². The smallest absolute Gasteiger partial charge is 0.350 e. The van der Waals surface area contributed by atoms with Gasteiger partial charge in [-0.1, -0.05) is 48.5 Å². The van der Waals surface area contributed by atoms with Crippen molar-refractivity contribution < 1.29 is 35.9 Å². The first-order valence-corrected chi connectivity index (χ1v) is 11.8. The number of alkyl halides is 6. The van der Waals surface area contributed by atoms with E-state index >= 15 is 0 Å². The van der Waals surface area contributed by atoms with E-state index in [1.165, 1.54) is 19.2 Å². The highest BCUT2D eigenvalue weighted by atomic mass is 19.4. The van der Waals surface area contributed by atoms with Crippen LogP contribution in [0.1, 0.15) is 39.9 Å². The molecule has 1 atom stereocenters. The lowest BCUT2D eigenvalue weighted by Gasteiger charge is -2.27. The highest BCUT2D eigenvalue weighted by Crippen LogP contribution is 2.36. The number of carbonyl (C=O) groups is 2. The molecule has 2 amide bonds. The Bertz CT molecular complexity index is 1340. The summed E-state index contributed by atoms with van der Waals surface area (Å²) in [5.41, 5.74) is -3.14. The fourth-order valence-electron chi connectivity index (χ4n) is 4.05. The Hall–Kier alpha value is -3.82. The molecule has 1 saturated carbocycles. The molecule has 0 bridgehead atoms. The summed E-state index contributed by atoms with van der Waals surface area (Å²) in [6.07, 6.45) is -5.61. The van der Waals surface area contributed by atoms with Gasteiger partial charge in [0.05, 0.1) is 17.2 Å². The lowest BCUT2D eigenvalue weighted by Crippen LogP contribution is -2.38. The maximum atomic E-state index is 13.3. The van der Waals surface area contributed by atoms with Crippen molar-refractivity contribution in [3.63, 3.8) is 0 Å². The predicted molar refractivity (Wildman–Crippen MR) is 130 cm³/mol. The van der Waals surface area contributed by atoms with E-state index in [1.54, 1.807) is 0 Å². The van der Waals surface area contributed by atoms with Crippen LogP contribution < -0.4 is 5.32 Å². The summed E-state index contributed by atoms with van der Waals surface area (Å²) in [5.74, 6) is -1.44. The molecule has 38 heavy (non-hydrogen) atoms. The Morgan fingerprint density at radius 3 is 2.11 bits per heavy atom. The van der Waals surface area contributed by atoms with Gasteiger partial charge in [0.25, 0.3) is 5.91 Å². The Balaban J connectivity index is 1.67. The van der Waals surface area contributed by atoms with Gasteiger partial charge in [-0.15, -0.1) is 0 Å². The molecule has 4 nitrogen and oxygen atoms in total. The molecule has 10 heteroatoms. The summed E-state index contributed by atoms with van der Waals surface area (Å²) in [6.45, 7) is 0. The van der Waals surface area contributed by atoms with Crippen molar-refractivity contribution in [2.45, 2.75) is 43.7 Å². The summed E-state index contributed by atoms with van der Waals surface area (Å²) in [7, 11) is 1.28. The van der Waals surface area contributed by atoms with E-state index in [0.29, 0.717) is 12.1 Å². The van der Waals surface area contributed by atoms with E-state index in [2.05, 4.69) is 5.32 Å². The van der Waals surface area contributed by atoms with Gasteiger partial charge in [-0.05, 0) is 53.8 Å². The van der Waals surface area contributed by atoms with Crippen molar-refractivity contribution >= 4 is 22.6 Å². The van der Waals surface area contributed by atoms with Crippen LogP contribution in [0.25, 0.3) is 10.8 Å². The van der Waals surface area contributed by atoms with Crippen molar-refractivity contribution in [2.75, 3.05) is 7.05 Å². The molecule has 0 spiro atoms.